The maximum Gasteiger partial charge on any atom is 0.354 e. The van der Waals surface area contributed by atoms with Crippen molar-refractivity contribution in [2.45, 2.75) is 0 Å². The van der Waals surface area contributed by atoms with Gasteiger partial charge in [-0.2, -0.15) is 5.10 Å². The van der Waals surface area contributed by atoms with Crippen LogP contribution in [-0.4, -0.2) is 36.6 Å². The average molecular weight is 283 g/mol. The van der Waals surface area contributed by atoms with Crippen LogP contribution in [0.5, 0.6) is 0 Å². The summed E-state index contributed by atoms with van der Waals surface area (Å²) in [4.78, 5) is 30.5. The van der Waals surface area contributed by atoms with E-state index < -0.39 is 5.97 Å². The lowest BCUT2D eigenvalue weighted by atomic mass is 10.2. The van der Waals surface area contributed by atoms with Crippen molar-refractivity contribution < 1.29 is 14.7 Å². The molecule has 0 radical (unpaired) electrons. The van der Waals surface area contributed by atoms with Crippen molar-refractivity contribution in [1.82, 2.24) is 19.6 Å². The third kappa shape index (κ3) is 2.41. The molecule has 0 aliphatic carbocycles. The standard InChI is InChI=1S/C13H9N5O3/c19-12(9-6-16-18-4-3-14-7-11(9)18)17-8-1-2-10(13(20)21)15-5-8/h1-7H,(H,17,19)(H,20,21). The Kier molecular flexibility index (Phi) is 3.03. The Hall–Kier alpha value is -3.29. The minimum absolute atomic E-state index is 0.0896. The number of hydrogen-bond acceptors (Lipinski definition) is 5. The molecule has 21 heavy (non-hydrogen) atoms. The molecule has 0 spiro atoms. The van der Waals surface area contributed by atoms with E-state index in [1.165, 1.54) is 35.2 Å². The Morgan fingerprint density at radius 2 is 2.05 bits per heavy atom. The van der Waals surface area contributed by atoms with Crippen molar-refractivity contribution in [3.63, 3.8) is 0 Å². The molecule has 0 bridgehead atoms. The minimum Gasteiger partial charge on any atom is -0.477 e. The molecule has 1 amide bonds. The van der Waals surface area contributed by atoms with Crippen LogP contribution in [0.15, 0.2) is 43.1 Å². The maximum atomic E-state index is 12.2. The van der Waals surface area contributed by atoms with Gasteiger partial charge < -0.3 is 10.4 Å². The summed E-state index contributed by atoms with van der Waals surface area (Å²) in [6, 6.07) is 2.79. The molecule has 0 saturated heterocycles. The van der Waals surface area contributed by atoms with Crippen LogP contribution >= 0.6 is 0 Å². The molecule has 0 saturated carbocycles. The molecule has 0 aromatic carbocycles. The first-order valence-corrected chi connectivity index (χ1v) is 5.93. The highest BCUT2D eigenvalue weighted by atomic mass is 16.4. The fourth-order valence-corrected chi connectivity index (χ4v) is 1.80. The molecule has 0 aliphatic heterocycles. The molecule has 0 aliphatic rings. The van der Waals surface area contributed by atoms with E-state index in [0.29, 0.717) is 16.8 Å². The smallest absolute Gasteiger partial charge is 0.354 e. The van der Waals surface area contributed by atoms with Crippen molar-refractivity contribution in [2.24, 2.45) is 0 Å². The maximum absolute atomic E-state index is 12.2. The highest BCUT2D eigenvalue weighted by Crippen LogP contribution is 2.12. The van der Waals surface area contributed by atoms with Crippen LogP contribution in [0, 0.1) is 0 Å². The molecule has 3 heterocycles. The number of amides is 1. The number of fused-ring (bicyclic) bond motifs is 1. The van der Waals surface area contributed by atoms with E-state index in [1.807, 2.05) is 0 Å². The second-order valence-corrected chi connectivity index (χ2v) is 4.16. The molecule has 8 heteroatoms. The number of anilines is 1. The lowest BCUT2D eigenvalue weighted by molar-refractivity contribution is 0.0690. The van der Waals surface area contributed by atoms with Gasteiger partial charge in [0.2, 0.25) is 0 Å². The second-order valence-electron chi connectivity index (χ2n) is 4.16. The third-order valence-corrected chi connectivity index (χ3v) is 2.81. The Bertz CT molecular complexity index is 825. The molecular weight excluding hydrogens is 274 g/mol. The fourth-order valence-electron chi connectivity index (χ4n) is 1.80. The topological polar surface area (TPSA) is 109 Å². The number of carbonyl (C=O) groups excluding carboxylic acids is 1. The number of pyridine rings is 1. The van der Waals surface area contributed by atoms with Gasteiger partial charge in [0.25, 0.3) is 5.91 Å². The van der Waals surface area contributed by atoms with E-state index in [-0.39, 0.29) is 11.6 Å². The Morgan fingerprint density at radius 3 is 2.76 bits per heavy atom. The van der Waals surface area contributed by atoms with Crippen molar-refractivity contribution in [2.75, 3.05) is 5.32 Å². The summed E-state index contributed by atoms with van der Waals surface area (Å²) in [6.45, 7) is 0. The largest absolute Gasteiger partial charge is 0.477 e. The summed E-state index contributed by atoms with van der Waals surface area (Å²) in [5, 5.41) is 15.4. The van der Waals surface area contributed by atoms with Crippen LogP contribution in [0.3, 0.4) is 0 Å². The molecular formula is C13H9N5O3. The zero-order valence-electron chi connectivity index (χ0n) is 10.6. The van der Waals surface area contributed by atoms with E-state index in [2.05, 4.69) is 20.4 Å². The van der Waals surface area contributed by atoms with Crippen molar-refractivity contribution in [1.29, 1.82) is 0 Å². The average Bonchev–Trinajstić information content (AvgIpc) is 2.92. The minimum atomic E-state index is -1.12. The molecule has 104 valence electrons. The number of nitrogens with zero attached hydrogens (tertiary/aromatic N) is 4. The zero-order valence-corrected chi connectivity index (χ0v) is 10.6. The molecule has 0 unspecified atom stereocenters. The van der Waals surface area contributed by atoms with Crippen LogP contribution in [0.2, 0.25) is 0 Å². The summed E-state index contributed by atoms with van der Waals surface area (Å²) < 4.78 is 1.54. The summed E-state index contributed by atoms with van der Waals surface area (Å²) >= 11 is 0. The summed E-state index contributed by atoms with van der Waals surface area (Å²) in [5.74, 6) is -1.50. The predicted octanol–water partition coefficient (Wildman–Crippen LogP) is 1.07. The monoisotopic (exact) mass is 283 g/mol. The summed E-state index contributed by atoms with van der Waals surface area (Å²) in [7, 11) is 0. The first kappa shape index (κ1) is 12.7. The fraction of sp³-hybridized carbons (Fsp3) is 0. The third-order valence-electron chi connectivity index (χ3n) is 2.81. The van der Waals surface area contributed by atoms with Crippen molar-refractivity contribution >= 4 is 23.1 Å². The Labute approximate surface area is 118 Å². The van der Waals surface area contributed by atoms with Gasteiger partial charge in [0.1, 0.15) is 5.69 Å². The Balaban J connectivity index is 1.84. The van der Waals surface area contributed by atoms with E-state index in [4.69, 9.17) is 5.11 Å². The number of aromatic nitrogens is 4. The first-order chi connectivity index (χ1) is 10.1. The number of aromatic carboxylic acids is 1. The molecule has 3 rings (SSSR count). The molecule has 0 atom stereocenters. The first-order valence-electron chi connectivity index (χ1n) is 5.93. The van der Waals surface area contributed by atoms with Crippen LogP contribution in [0.4, 0.5) is 5.69 Å². The van der Waals surface area contributed by atoms with Gasteiger partial charge in [-0.05, 0) is 12.1 Å². The SMILES string of the molecule is O=C(O)c1ccc(NC(=O)c2cnn3ccncc23)cn1. The Morgan fingerprint density at radius 1 is 1.19 bits per heavy atom. The second kappa shape index (κ2) is 5.00. The lowest BCUT2D eigenvalue weighted by Crippen LogP contribution is -2.12. The van der Waals surface area contributed by atoms with Crippen LogP contribution in [0.25, 0.3) is 5.52 Å². The number of nitrogens with one attached hydrogen (secondary N) is 1. The van der Waals surface area contributed by atoms with Gasteiger partial charge >= 0.3 is 5.97 Å². The highest BCUT2D eigenvalue weighted by molar-refractivity contribution is 6.08. The van der Waals surface area contributed by atoms with Gasteiger partial charge in [-0.15, -0.1) is 0 Å². The number of hydrogen-bond donors (Lipinski definition) is 2. The number of carbonyl (C=O) groups is 2. The van der Waals surface area contributed by atoms with Gasteiger partial charge in [0, 0.05) is 12.4 Å². The normalized spacial score (nSPS) is 10.5. The van der Waals surface area contributed by atoms with E-state index >= 15 is 0 Å². The number of rotatable bonds is 3. The van der Waals surface area contributed by atoms with E-state index in [0.717, 1.165) is 0 Å². The van der Waals surface area contributed by atoms with Gasteiger partial charge in [0.05, 0.1) is 35.4 Å². The molecule has 0 fully saturated rings. The van der Waals surface area contributed by atoms with E-state index in [9.17, 15) is 9.59 Å². The van der Waals surface area contributed by atoms with Crippen molar-refractivity contribution in [3.05, 3.63) is 54.4 Å². The summed E-state index contributed by atoms with van der Waals surface area (Å²) in [6.07, 6.45) is 7.45. The quantitative estimate of drug-likeness (QED) is 0.744. The van der Waals surface area contributed by atoms with E-state index in [1.54, 1.807) is 12.4 Å². The lowest BCUT2D eigenvalue weighted by Gasteiger charge is -2.03. The van der Waals surface area contributed by atoms with Gasteiger partial charge in [-0.25, -0.2) is 14.3 Å². The van der Waals surface area contributed by atoms with Crippen LogP contribution in [0.1, 0.15) is 20.8 Å². The van der Waals surface area contributed by atoms with Gasteiger partial charge in [0.15, 0.2) is 0 Å². The number of carboxylic acids is 1. The highest BCUT2D eigenvalue weighted by Gasteiger charge is 2.13. The predicted molar refractivity (Wildman–Crippen MR) is 72.1 cm³/mol. The molecule has 8 nitrogen and oxygen atoms in total. The molecule has 2 N–H and O–H groups in total. The van der Waals surface area contributed by atoms with Crippen LogP contribution in [-0.2, 0) is 0 Å². The molecule has 3 aromatic rings. The van der Waals surface area contributed by atoms with Gasteiger partial charge in [-0.1, -0.05) is 0 Å². The number of carboxylic acid groups (broad SMARTS) is 1. The van der Waals surface area contributed by atoms with Crippen LogP contribution < -0.4 is 5.32 Å². The van der Waals surface area contributed by atoms with Gasteiger partial charge in [-0.3, -0.25) is 9.78 Å². The molecule has 3 aromatic heterocycles. The van der Waals surface area contributed by atoms with Crippen molar-refractivity contribution in [3.8, 4) is 0 Å². The zero-order chi connectivity index (χ0) is 14.8. The summed E-state index contributed by atoms with van der Waals surface area (Å²) in [5.41, 5.74) is 1.25.